The molecule has 5 heteroatoms. The summed E-state index contributed by atoms with van der Waals surface area (Å²) in [5, 5.41) is 0. The summed E-state index contributed by atoms with van der Waals surface area (Å²) in [7, 11) is 0. The molecule has 1 aliphatic rings. The first-order valence-corrected chi connectivity index (χ1v) is 11.5. The minimum Gasteiger partial charge on any atom is -0.473 e. The predicted octanol–water partition coefficient (Wildman–Crippen LogP) is 5.90. The first kappa shape index (κ1) is 20.4. The summed E-state index contributed by atoms with van der Waals surface area (Å²) in [6, 6.07) is 10.2. The molecule has 0 unspecified atom stereocenters. The summed E-state index contributed by atoms with van der Waals surface area (Å²) >= 11 is 2.33. The van der Waals surface area contributed by atoms with Crippen LogP contribution in [0.2, 0.25) is 0 Å². The van der Waals surface area contributed by atoms with Gasteiger partial charge >= 0.3 is 0 Å². The number of alkyl halides is 1. The maximum Gasteiger partial charge on any atom is 0.237 e. The average Bonchev–Trinajstić information content (AvgIpc) is 2.68. The van der Waals surface area contributed by atoms with Crippen molar-refractivity contribution in [3.63, 3.8) is 0 Å². The molecular formula is C22H29IN2O2. The van der Waals surface area contributed by atoms with Gasteiger partial charge in [-0.2, -0.15) is 0 Å². The molecule has 2 aromatic rings. The number of benzene rings is 1. The van der Waals surface area contributed by atoms with E-state index in [2.05, 4.69) is 48.6 Å². The van der Waals surface area contributed by atoms with Crippen molar-refractivity contribution in [2.24, 2.45) is 5.92 Å². The molecule has 1 fully saturated rings. The third-order valence-corrected chi connectivity index (χ3v) is 5.47. The first-order valence-electron chi connectivity index (χ1n) is 9.95. The molecule has 0 atom stereocenters. The molecule has 0 spiro atoms. The molecule has 4 nitrogen and oxygen atoms in total. The average molecular weight is 480 g/mol. The lowest BCUT2D eigenvalue weighted by Gasteiger charge is -2.24. The van der Waals surface area contributed by atoms with Gasteiger partial charge in [0.25, 0.3) is 0 Å². The van der Waals surface area contributed by atoms with E-state index in [0.29, 0.717) is 24.3 Å². The first-order chi connectivity index (χ1) is 13.2. The summed E-state index contributed by atoms with van der Waals surface area (Å²) in [5.74, 6) is 1.83. The van der Waals surface area contributed by atoms with Crippen LogP contribution in [0.15, 0.2) is 30.3 Å². The topological polar surface area (TPSA) is 44.2 Å². The molecule has 146 valence electrons. The van der Waals surface area contributed by atoms with E-state index in [4.69, 9.17) is 19.4 Å². The maximum absolute atomic E-state index is 6.28. The van der Waals surface area contributed by atoms with Crippen LogP contribution in [0, 0.1) is 5.92 Å². The molecule has 1 heterocycles. The molecule has 0 aliphatic heterocycles. The number of aromatic nitrogens is 2. The Kier molecular flexibility index (Phi) is 7.73. The van der Waals surface area contributed by atoms with Crippen molar-refractivity contribution >= 4 is 22.6 Å². The number of rotatable bonds is 8. The molecule has 1 aliphatic carbocycles. The minimum atomic E-state index is 0.276. The molecule has 0 amide bonds. The fourth-order valence-electron chi connectivity index (χ4n) is 3.35. The minimum absolute atomic E-state index is 0.276. The van der Waals surface area contributed by atoms with Crippen molar-refractivity contribution < 1.29 is 9.47 Å². The van der Waals surface area contributed by atoms with Crippen molar-refractivity contribution in [2.75, 3.05) is 0 Å². The van der Waals surface area contributed by atoms with Gasteiger partial charge in [0.05, 0.1) is 0 Å². The van der Waals surface area contributed by atoms with Crippen LogP contribution in [-0.2, 0) is 17.5 Å². The summed E-state index contributed by atoms with van der Waals surface area (Å²) in [6.45, 7) is 4.89. The Balaban J connectivity index is 1.82. The number of nitrogens with zero attached hydrogens (tertiary/aromatic N) is 2. The molecule has 27 heavy (non-hydrogen) atoms. The van der Waals surface area contributed by atoms with Crippen LogP contribution in [0.5, 0.6) is 11.8 Å². The summed E-state index contributed by atoms with van der Waals surface area (Å²) in [5.41, 5.74) is 2.92. The van der Waals surface area contributed by atoms with E-state index in [1.165, 1.54) is 19.3 Å². The quantitative estimate of drug-likeness (QED) is 0.349. The van der Waals surface area contributed by atoms with Crippen LogP contribution < -0.4 is 9.47 Å². The van der Waals surface area contributed by atoms with Gasteiger partial charge in [-0.25, -0.2) is 9.97 Å². The lowest BCUT2D eigenvalue weighted by Crippen LogP contribution is -2.22. The van der Waals surface area contributed by atoms with Gasteiger partial charge in [-0.3, -0.25) is 0 Å². The molecule has 0 radical (unpaired) electrons. The zero-order valence-corrected chi connectivity index (χ0v) is 18.4. The monoisotopic (exact) mass is 480 g/mol. The summed E-state index contributed by atoms with van der Waals surface area (Å²) in [6.07, 6.45) is 7.15. The Morgan fingerprint density at radius 1 is 1.00 bits per heavy atom. The Labute approximate surface area is 176 Å². The van der Waals surface area contributed by atoms with Crippen LogP contribution in [0.25, 0.3) is 0 Å². The molecule has 1 aromatic heterocycles. The second kappa shape index (κ2) is 10.2. The second-order valence-corrected chi connectivity index (χ2v) is 8.37. The fourth-order valence-corrected chi connectivity index (χ4v) is 3.85. The number of halogens is 1. The van der Waals surface area contributed by atoms with Gasteiger partial charge in [0.2, 0.25) is 11.8 Å². The third kappa shape index (κ3) is 6.06. The van der Waals surface area contributed by atoms with Crippen molar-refractivity contribution in [2.45, 2.75) is 69.5 Å². The Hall–Kier alpha value is -1.37. The molecule has 1 saturated carbocycles. The third-order valence-electron chi connectivity index (χ3n) is 4.74. The van der Waals surface area contributed by atoms with Crippen molar-refractivity contribution in [1.82, 2.24) is 9.97 Å². The number of hydrogen-bond acceptors (Lipinski definition) is 4. The van der Waals surface area contributed by atoms with E-state index in [1.807, 2.05) is 18.2 Å². The molecule has 0 saturated heterocycles. The Morgan fingerprint density at radius 2 is 1.70 bits per heavy atom. The van der Waals surface area contributed by atoms with E-state index >= 15 is 0 Å². The molecule has 3 rings (SSSR count). The molecule has 0 bridgehead atoms. The van der Waals surface area contributed by atoms with Gasteiger partial charge < -0.3 is 9.47 Å². The summed E-state index contributed by atoms with van der Waals surface area (Å²) in [4.78, 5) is 9.68. The zero-order chi connectivity index (χ0) is 19.1. The van der Waals surface area contributed by atoms with Gasteiger partial charge in [-0.05, 0) is 43.6 Å². The predicted molar refractivity (Wildman–Crippen MR) is 117 cm³/mol. The van der Waals surface area contributed by atoms with E-state index in [9.17, 15) is 0 Å². The number of ether oxygens (including phenoxy) is 2. The highest BCUT2D eigenvalue weighted by molar-refractivity contribution is 14.1. The van der Waals surface area contributed by atoms with Crippen LogP contribution in [0.3, 0.4) is 0 Å². The van der Waals surface area contributed by atoms with E-state index in [0.717, 1.165) is 40.6 Å². The van der Waals surface area contributed by atoms with Gasteiger partial charge in [0, 0.05) is 4.43 Å². The van der Waals surface area contributed by atoms with E-state index in [1.54, 1.807) is 0 Å². The fraction of sp³-hybridized carbons (Fsp3) is 0.545. The van der Waals surface area contributed by atoms with Gasteiger partial charge in [0.15, 0.2) is 0 Å². The maximum atomic E-state index is 6.28. The van der Waals surface area contributed by atoms with Gasteiger partial charge in [0.1, 0.15) is 24.1 Å². The molecule has 1 aromatic carbocycles. The molecular weight excluding hydrogens is 451 g/mol. The smallest absolute Gasteiger partial charge is 0.237 e. The lowest BCUT2D eigenvalue weighted by atomic mass is 9.98. The van der Waals surface area contributed by atoms with Crippen molar-refractivity contribution in [3.8, 4) is 11.8 Å². The highest BCUT2D eigenvalue weighted by Gasteiger charge is 2.21. The summed E-state index contributed by atoms with van der Waals surface area (Å²) < 4.78 is 13.1. The van der Waals surface area contributed by atoms with Crippen LogP contribution in [0.1, 0.15) is 62.9 Å². The highest BCUT2D eigenvalue weighted by atomic mass is 127. The van der Waals surface area contributed by atoms with E-state index < -0.39 is 0 Å². The van der Waals surface area contributed by atoms with Crippen LogP contribution in [0.4, 0.5) is 0 Å². The second-order valence-electron chi connectivity index (χ2n) is 7.61. The zero-order valence-electron chi connectivity index (χ0n) is 16.3. The largest absolute Gasteiger partial charge is 0.473 e. The van der Waals surface area contributed by atoms with Crippen molar-refractivity contribution in [1.29, 1.82) is 0 Å². The van der Waals surface area contributed by atoms with E-state index in [-0.39, 0.29) is 6.10 Å². The van der Waals surface area contributed by atoms with Crippen LogP contribution >= 0.6 is 22.6 Å². The lowest BCUT2D eigenvalue weighted by molar-refractivity contribution is 0.145. The van der Waals surface area contributed by atoms with Gasteiger partial charge in [-0.1, -0.05) is 73.2 Å². The Bertz CT molecular complexity index is 716. The normalized spacial score (nSPS) is 15.1. The Morgan fingerprint density at radius 3 is 2.37 bits per heavy atom. The highest BCUT2D eigenvalue weighted by Crippen LogP contribution is 2.29. The van der Waals surface area contributed by atoms with Gasteiger partial charge in [-0.15, -0.1) is 0 Å². The SMILES string of the molecule is CC(C)Cc1nc(OC2CCCCC2)c(CI)nc1OCc1ccccc1. The molecule has 0 N–H and O–H groups in total. The number of hydrogen-bond donors (Lipinski definition) is 0. The standard InChI is InChI=1S/C22H29IN2O2/c1-16(2)13-19-21(26-15-17-9-5-3-6-10-17)25-20(14-23)22(24-19)27-18-11-7-4-8-12-18/h3,5-6,9-10,16,18H,4,7-8,11-15H2,1-2H3. The van der Waals surface area contributed by atoms with Crippen LogP contribution in [-0.4, -0.2) is 16.1 Å². The van der Waals surface area contributed by atoms with Crippen molar-refractivity contribution in [3.05, 3.63) is 47.3 Å².